The van der Waals surface area contributed by atoms with Gasteiger partial charge < -0.3 is 14.7 Å². The predicted octanol–water partition coefficient (Wildman–Crippen LogP) is 2.30. The minimum atomic E-state index is -0.908. The highest BCUT2D eigenvalue weighted by molar-refractivity contribution is 5.96. The Balaban J connectivity index is 2.20. The molecule has 1 aliphatic heterocycles. The van der Waals surface area contributed by atoms with Crippen molar-refractivity contribution in [2.24, 2.45) is 0 Å². The third-order valence-corrected chi connectivity index (χ3v) is 3.79. The molecule has 0 saturated carbocycles. The smallest absolute Gasteiger partial charge is 0.306 e. The number of carbonyl (C=O) groups excluding carboxylic acids is 1. The number of ether oxygens (including phenoxy) is 1. The molecule has 5 nitrogen and oxygen atoms in total. The molecule has 1 unspecified atom stereocenters. The standard InChI is InChI=1S/C17H23NO4/c1-17(2,3)14-7-5-4-6-13(14)16(21)18-8-9-22-12(11-18)10-15(19)20/h4-7,12H,8-11H2,1-3H3,(H,19,20). The summed E-state index contributed by atoms with van der Waals surface area (Å²) < 4.78 is 5.43. The third kappa shape index (κ3) is 3.85. The summed E-state index contributed by atoms with van der Waals surface area (Å²) in [6.07, 6.45) is -0.512. The van der Waals surface area contributed by atoms with Crippen molar-refractivity contribution in [3.63, 3.8) is 0 Å². The van der Waals surface area contributed by atoms with E-state index in [4.69, 9.17) is 9.84 Å². The molecule has 1 saturated heterocycles. The van der Waals surface area contributed by atoms with E-state index >= 15 is 0 Å². The van der Waals surface area contributed by atoms with Crippen LogP contribution in [0.15, 0.2) is 24.3 Å². The number of benzene rings is 1. The van der Waals surface area contributed by atoms with Gasteiger partial charge in [0, 0.05) is 18.7 Å². The van der Waals surface area contributed by atoms with Crippen LogP contribution in [0.25, 0.3) is 0 Å². The molecular weight excluding hydrogens is 282 g/mol. The second kappa shape index (κ2) is 6.48. The second-order valence-electron chi connectivity index (χ2n) is 6.64. The van der Waals surface area contributed by atoms with E-state index in [9.17, 15) is 9.59 Å². The highest BCUT2D eigenvalue weighted by Crippen LogP contribution is 2.27. The van der Waals surface area contributed by atoms with Gasteiger partial charge in [0.15, 0.2) is 0 Å². The fourth-order valence-corrected chi connectivity index (χ4v) is 2.72. The van der Waals surface area contributed by atoms with Crippen molar-refractivity contribution in [2.45, 2.75) is 38.7 Å². The summed E-state index contributed by atoms with van der Waals surface area (Å²) >= 11 is 0. The Morgan fingerprint density at radius 2 is 2.00 bits per heavy atom. The average Bonchev–Trinajstić information content (AvgIpc) is 2.45. The minimum absolute atomic E-state index is 0.0517. The van der Waals surface area contributed by atoms with Crippen LogP contribution in [-0.2, 0) is 14.9 Å². The number of nitrogens with zero attached hydrogens (tertiary/aromatic N) is 1. The molecule has 0 aromatic heterocycles. The molecule has 0 bridgehead atoms. The number of hydrogen-bond acceptors (Lipinski definition) is 3. The van der Waals surface area contributed by atoms with E-state index in [1.165, 1.54) is 0 Å². The molecule has 0 aliphatic carbocycles. The summed E-state index contributed by atoms with van der Waals surface area (Å²) in [5.41, 5.74) is 1.56. The first-order valence-corrected chi connectivity index (χ1v) is 7.51. The van der Waals surface area contributed by atoms with E-state index in [0.29, 0.717) is 25.3 Å². The van der Waals surface area contributed by atoms with E-state index in [1.807, 2.05) is 24.3 Å². The second-order valence-corrected chi connectivity index (χ2v) is 6.64. The molecule has 1 N–H and O–H groups in total. The highest BCUT2D eigenvalue weighted by atomic mass is 16.5. The zero-order valence-electron chi connectivity index (χ0n) is 13.3. The Morgan fingerprint density at radius 3 is 2.64 bits per heavy atom. The maximum atomic E-state index is 12.8. The number of carbonyl (C=O) groups is 2. The van der Waals surface area contributed by atoms with Gasteiger partial charge in [-0.2, -0.15) is 0 Å². The molecule has 22 heavy (non-hydrogen) atoms. The number of morpholine rings is 1. The highest BCUT2D eigenvalue weighted by Gasteiger charge is 2.29. The van der Waals surface area contributed by atoms with E-state index in [1.54, 1.807) is 4.90 Å². The Bertz CT molecular complexity index is 562. The molecule has 1 heterocycles. The zero-order valence-corrected chi connectivity index (χ0v) is 13.3. The number of carboxylic acid groups (broad SMARTS) is 1. The van der Waals surface area contributed by atoms with Crippen molar-refractivity contribution in [1.29, 1.82) is 0 Å². The van der Waals surface area contributed by atoms with E-state index < -0.39 is 12.1 Å². The van der Waals surface area contributed by atoms with E-state index in [0.717, 1.165) is 5.56 Å². The van der Waals surface area contributed by atoms with Crippen molar-refractivity contribution in [1.82, 2.24) is 4.90 Å². The lowest BCUT2D eigenvalue weighted by Gasteiger charge is -2.33. The Hall–Kier alpha value is -1.88. The van der Waals surface area contributed by atoms with Gasteiger partial charge in [0.25, 0.3) is 5.91 Å². The molecule has 0 radical (unpaired) electrons. The normalized spacial score (nSPS) is 19.0. The SMILES string of the molecule is CC(C)(C)c1ccccc1C(=O)N1CCOC(CC(=O)O)C1. The average molecular weight is 305 g/mol. The maximum Gasteiger partial charge on any atom is 0.306 e. The summed E-state index contributed by atoms with van der Waals surface area (Å²) in [5.74, 6) is -0.960. The first kappa shape index (κ1) is 16.5. The summed E-state index contributed by atoms with van der Waals surface area (Å²) in [7, 11) is 0. The van der Waals surface area contributed by atoms with Gasteiger partial charge in [-0.1, -0.05) is 39.0 Å². The topological polar surface area (TPSA) is 66.8 Å². The molecule has 5 heteroatoms. The molecule has 120 valence electrons. The first-order chi connectivity index (χ1) is 10.3. The largest absolute Gasteiger partial charge is 0.481 e. The van der Waals surface area contributed by atoms with Crippen molar-refractivity contribution in [3.05, 3.63) is 35.4 Å². The zero-order chi connectivity index (χ0) is 16.3. The van der Waals surface area contributed by atoms with Crippen molar-refractivity contribution in [3.8, 4) is 0 Å². The quantitative estimate of drug-likeness (QED) is 0.930. The monoisotopic (exact) mass is 305 g/mol. The van der Waals surface area contributed by atoms with Gasteiger partial charge in [-0.15, -0.1) is 0 Å². The first-order valence-electron chi connectivity index (χ1n) is 7.51. The van der Waals surface area contributed by atoms with Crippen molar-refractivity contribution < 1.29 is 19.4 Å². The molecule has 1 aromatic carbocycles. The number of amides is 1. The van der Waals surface area contributed by atoms with Crippen LogP contribution in [0.4, 0.5) is 0 Å². The maximum absolute atomic E-state index is 12.8. The Morgan fingerprint density at radius 1 is 1.32 bits per heavy atom. The summed E-state index contributed by atoms with van der Waals surface area (Å²) in [6.45, 7) is 7.42. The summed E-state index contributed by atoms with van der Waals surface area (Å²) in [4.78, 5) is 25.3. The van der Waals surface area contributed by atoms with Crippen LogP contribution in [0, 0.1) is 0 Å². The van der Waals surface area contributed by atoms with Gasteiger partial charge in [0.1, 0.15) is 0 Å². The fourth-order valence-electron chi connectivity index (χ4n) is 2.72. The summed E-state index contributed by atoms with van der Waals surface area (Å²) in [6, 6.07) is 7.61. The van der Waals surface area contributed by atoms with Crippen LogP contribution in [0.2, 0.25) is 0 Å². The van der Waals surface area contributed by atoms with Crippen LogP contribution in [0.5, 0.6) is 0 Å². The fraction of sp³-hybridized carbons (Fsp3) is 0.529. The molecular formula is C17H23NO4. The minimum Gasteiger partial charge on any atom is -0.481 e. The predicted molar refractivity (Wildman–Crippen MR) is 83.0 cm³/mol. The van der Waals surface area contributed by atoms with Crippen LogP contribution >= 0.6 is 0 Å². The molecule has 1 atom stereocenters. The van der Waals surface area contributed by atoms with Gasteiger partial charge in [-0.05, 0) is 17.0 Å². The van der Waals surface area contributed by atoms with Gasteiger partial charge in [0.05, 0.1) is 19.1 Å². The molecule has 1 aliphatic rings. The Kier molecular flexibility index (Phi) is 4.86. The molecule has 0 spiro atoms. The van der Waals surface area contributed by atoms with Gasteiger partial charge in [-0.3, -0.25) is 9.59 Å². The lowest BCUT2D eigenvalue weighted by Crippen LogP contribution is -2.46. The molecule has 1 aromatic rings. The lowest BCUT2D eigenvalue weighted by molar-refractivity contribution is -0.141. The van der Waals surface area contributed by atoms with Crippen LogP contribution in [-0.4, -0.2) is 47.7 Å². The third-order valence-electron chi connectivity index (χ3n) is 3.79. The number of aliphatic carboxylic acids is 1. The number of rotatable bonds is 3. The van der Waals surface area contributed by atoms with Crippen LogP contribution in [0.1, 0.15) is 43.1 Å². The van der Waals surface area contributed by atoms with Gasteiger partial charge in [0.2, 0.25) is 0 Å². The van der Waals surface area contributed by atoms with Gasteiger partial charge in [-0.25, -0.2) is 0 Å². The number of hydrogen-bond donors (Lipinski definition) is 1. The molecule has 1 fully saturated rings. The van der Waals surface area contributed by atoms with E-state index in [2.05, 4.69) is 20.8 Å². The molecule has 1 amide bonds. The van der Waals surface area contributed by atoms with Gasteiger partial charge >= 0.3 is 5.97 Å². The lowest BCUT2D eigenvalue weighted by atomic mass is 9.83. The Labute approximate surface area is 130 Å². The van der Waals surface area contributed by atoms with Crippen molar-refractivity contribution >= 4 is 11.9 Å². The van der Waals surface area contributed by atoms with Crippen LogP contribution < -0.4 is 0 Å². The van der Waals surface area contributed by atoms with Crippen molar-refractivity contribution in [2.75, 3.05) is 19.7 Å². The summed E-state index contributed by atoms with van der Waals surface area (Å²) in [5, 5.41) is 8.87. The van der Waals surface area contributed by atoms with E-state index in [-0.39, 0.29) is 17.7 Å². The molecule has 2 rings (SSSR count). The number of carboxylic acids is 1. The van der Waals surface area contributed by atoms with Crippen LogP contribution in [0.3, 0.4) is 0 Å².